The zero-order valence-electron chi connectivity index (χ0n) is 18.5. The Hall–Kier alpha value is -2.60. The fourth-order valence-electron chi connectivity index (χ4n) is 2.91. The molecular weight excluding hydrogens is 523 g/mol. The van der Waals surface area contributed by atoms with Gasteiger partial charge >= 0.3 is 0 Å². The van der Waals surface area contributed by atoms with Crippen molar-refractivity contribution in [2.24, 2.45) is 4.99 Å². The van der Waals surface area contributed by atoms with Crippen LogP contribution in [0.5, 0.6) is 5.75 Å². The van der Waals surface area contributed by atoms with Crippen molar-refractivity contribution in [3.63, 3.8) is 0 Å². The van der Waals surface area contributed by atoms with Gasteiger partial charge in [-0.1, -0.05) is 12.1 Å². The van der Waals surface area contributed by atoms with E-state index in [1.165, 1.54) is 0 Å². The molecule has 0 spiro atoms. The standard InChI is InChI=1S/C22H30N6O3.HI/c1-4-23-22(24-11-10-20-26-21(28-27-20)19-9-6-12-30-19)25-14-18(29)16-7-5-8-17(13-16)31-15(2)3;/h5-9,12-13,15,18,29H,4,10-11,14H2,1-3H3,(H2,23,24,25)(H,26,27,28);1H. The average Bonchev–Trinajstić information content (AvgIpc) is 3.43. The van der Waals surface area contributed by atoms with E-state index in [9.17, 15) is 5.11 Å². The van der Waals surface area contributed by atoms with E-state index in [1.807, 2.05) is 51.1 Å². The maximum absolute atomic E-state index is 10.5. The summed E-state index contributed by atoms with van der Waals surface area (Å²) in [7, 11) is 0. The topological polar surface area (TPSA) is 121 Å². The number of ether oxygens (including phenoxy) is 1. The molecule has 1 unspecified atom stereocenters. The normalized spacial score (nSPS) is 12.3. The van der Waals surface area contributed by atoms with Crippen molar-refractivity contribution in [3.8, 4) is 17.3 Å². The van der Waals surface area contributed by atoms with Crippen LogP contribution in [-0.4, -0.2) is 52.0 Å². The van der Waals surface area contributed by atoms with E-state index in [-0.39, 0.29) is 36.6 Å². The highest BCUT2D eigenvalue weighted by Gasteiger charge is 2.11. The number of nitrogens with zero attached hydrogens (tertiary/aromatic N) is 3. The first-order chi connectivity index (χ1) is 15.0. The lowest BCUT2D eigenvalue weighted by molar-refractivity contribution is 0.185. The van der Waals surface area contributed by atoms with Gasteiger partial charge in [0.15, 0.2) is 11.7 Å². The Balaban J connectivity index is 0.00000363. The highest BCUT2D eigenvalue weighted by atomic mass is 127. The third-order valence-corrected chi connectivity index (χ3v) is 4.31. The molecule has 32 heavy (non-hydrogen) atoms. The summed E-state index contributed by atoms with van der Waals surface area (Å²) >= 11 is 0. The van der Waals surface area contributed by atoms with Crippen LogP contribution in [0.15, 0.2) is 52.1 Å². The second kappa shape index (κ2) is 13.1. The molecule has 3 rings (SSSR count). The van der Waals surface area contributed by atoms with Crippen LogP contribution in [0.1, 0.15) is 38.3 Å². The maximum Gasteiger partial charge on any atom is 0.216 e. The van der Waals surface area contributed by atoms with Gasteiger partial charge in [-0.3, -0.25) is 10.1 Å². The van der Waals surface area contributed by atoms with Crippen LogP contribution in [0.25, 0.3) is 11.6 Å². The molecule has 1 aromatic carbocycles. The minimum absolute atomic E-state index is 0. The van der Waals surface area contributed by atoms with Crippen LogP contribution in [0.2, 0.25) is 0 Å². The van der Waals surface area contributed by atoms with Gasteiger partial charge < -0.3 is 24.9 Å². The van der Waals surface area contributed by atoms with Crippen LogP contribution >= 0.6 is 24.0 Å². The zero-order valence-corrected chi connectivity index (χ0v) is 20.9. The molecule has 0 saturated carbocycles. The molecule has 0 aliphatic carbocycles. The molecule has 10 heteroatoms. The molecule has 0 saturated heterocycles. The summed E-state index contributed by atoms with van der Waals surface area (Å²) in [5.74, 6) is 3.27. The van der Waals surface area contributed by atoms with E-state index < -0.39 is 6.10 Å². The highest BCUT2D eigenvalue weighted by Crippen LogP contribution is 2.20. The Kier molecular flexibility index (Phi) is 10.5. The molecule has 0 aliphatic heterocycles. The van der Waals surface area contributed by atoms with Crippen LogP contribution in [0.4, 0.5) is 0 Å². The molecule has 4 N–H and O–H groups in total. The third kappa shape index (κ3) is 7.83. The smallest absolute Gasteiger partial charge is 0.216 e. The number of rotatable bonds is 10. The number of halogens is 1. The van der Waals surface area contributed by atoms with E-state index in [0.717, 1.165) is 17.1 Å². The van der Waals surface area contributed by atoms with E-state index in [2.05, 4.69) is 30.8 Å². The number of aromatic amines is 1. The quantitative estimate of drug-likeness (QED) is 0.173. The van der Waals surface area contributed by atoms with Crippen LogP contribution in [-0.2, 0) is 6.42 Å². The van der Waals surface area contributed by atoms with Crippen molar-refractivity contribution in [3.05, 3.63) is 54.0 Å². The van der Waals surface area contributed by atoms with Gasteiger partial charge in [0.05, 0.1) is 25.0 Å². The van der Waals surface area contributed by atoms with Crippen LogP contribution in [0, 0.1) is 0 Å². The summed E-state index contributed by atoms with van der Waals surface area (Å²) in [6.45, 7) is 7.48. The zero-order chi connectivity index (χ0) is 22.1. The molecule has 2 heterocycles. The molecular formula is C22H31IN6O3. The molecule has 0 fully saturated rings. The highest BCUT2D eigenvalue weighted by molar-refractivity contribution is 14.0. The van der Waals surface area contributed by atoms with Gasteiger partial charge in [0.2, 0.25) is 5.82 Å². The van der Waals surface area contributed by atoms with Gasteiger partial charge in [-0.05, 0) is 50.6 Å². The summed E-state index contributed by atoms with van der Waals surface area (Å²) in [6.07, 6.45) is 1.58. The first-order valence-corrected chi connectivity index (χ1v) is 10.5. The molecule has 3 aromatic rings. The fraction of sp³-hybridized carbons (Fsp3) is 0.409. The Morgan fingerprint density at radius 2 is 2.09 bits per heavy atom. The largest absolute Gasteiger partial charge is 0.491 e. The summed E-state index contributed by atoms with van der Waals surface area (Å²) < 4.78 is 11.0. The Morgan fingerprint density at radius 3 is 2.81 bits per heavy atom. The lowest BCUT2D eigenvalue weighted by Crippen LogP contribution is -2.38. The van der Waals surface area contributed by atoms with E-state index >= 15 is 0 Å². The van der Waals surface area contributed by atoms with E-state index in [4.69, 9.17) is 9.15 Å². The second-order valence-corrected chi connectivity index (χ2v) is 7.23. The number of nitrogens with one attached hydrogen (secondary N) is 3. The molecule has 9 nitrogen and oxygen atoms in total. The molecule has 0 radical (unpaired) electrons. The summed E-state index contributed by atoms with van der Waals surface area (Å²) in [5, 5.41) is 24.1. The minimum Gasteiger partial charge on any atom is -0.491 e. The number of hydrogen-bond acceptors (Lipinski definition) is 6. The number of aliphatic hydroxyl groups excluding tert-OH is 1. The third-order valence-electron chi connectivity index (χ3n) is 4.31. The van der Waals surface area contributed by atoms with Gasteiger partial charge in [-0.2, -0.15) is 5.10 Å². The number of hydrogen-bond donors (Lipinski definition) is 4. The van der Waals surface area contributed by atoms with Crippen molar-refractivity contribution >= 4 is 29.9 Å². The van der Waals surface area contributed by atoms with Crippen molar-refractivity contribution in [1.82, 2.24) is 25.8 Å². The molecule has 2 aromatic heterocycles. The number of aliphatic imine (C=N–C) groups is 1. The number of guanidine groups is 1. The maximum atomic E-state index is 10.5. The Morgan fingerprint density at radius 1 is 1.25 bits per heavy atom. The van der Waals surface area contributed by atoms with Gasteiger partial charge in [-0.25, -0.2) is 4.98 Å². The van der Waals surface area contributed by atoms with Gasteiger partial charge in [0.25, 0.3) is 0 Å². The van der Waals surface area contributed by atoms with Gasteiger partial charge in [-0.15, -0.1) is 24.0 Å². The first kappa shape index (κ1) is 25.7. The predicted octanol–water partition coefficient (Wildman–Crippen LogP) is 3.30. The molecule has 0 amide bonds. The minimum atomic E-state index is -0.726. The van der Waals surface area contributed by atoms with E-state index in [0.29, 0.717) is 37.1 Å². The van der Waals surface area contributed by atoms with Crippen molar-refractivity contribution < 1.29 is 14.3 Å². The summed E-state index contributed by atoms with van der Waals surface area (Å²) in [4.78, 5) is 8.93. The van der Waals surface area contributed by atoms with Crippen molar-refractivity contribution in [2.45, 2.75) is 39.4 Å². The van der Waals surface area contributed by atoms with Gasteiger partial charge in [0.1, 0.15) is 11.6 Å². The van der Waals surface area contributed by atoms with Crippen LogP contribution in [0.3, 0.4) is 0 Å². The molecule has 0 bridgehead atoms. The number of furan rings is 1. The fourth-order valence-corrected chi connectivity index (χ4v) is 2.91. The van der Waals surface area contributed by atoms with Crippen molar-refractivity contribution in [2.75, 3.05) is 19.6 Å². The number of aromatic nitrogens is 3. The summed E-state index contributed by atoms with van der Waals surface area (Å²) in [6, 6.07) is 11.1. The monoisotopic (exact) mass is 554 g/mol. The van der Waals surface area contributed by atoms with Crippen LogP contribution < -0.4 is 15.4 Å². The average molecular weight is 554 g/mol. The first-order valence-electron chi connectivity index (χ1n) is 10.5. The number of aliphatic hydroxyl groups is 1. The Bertz CT molecular complexity index is 958. The lowest BCUT2D eigenvalue weighted by Gasteiger charge is -2.15. The molecule has 0 aliphatic rings. The Labute approximate surface area is 205 Å². The molecule has 1 atom stereocenters. The lowest BCUT2D eigenvalue weighted by atomic mass is 10.1. The second-order valence-electron chi connectivity index (χ2n) is 7.23. The number of H-pyrrole nitrogens is 1. The molecule has 174 valence electrons. The number of benzene rings is 1. The predicted molar refractivity (Wildman–Crippen MR) is 134 cm³/mol. The van der Waals surface area contributed by atoms with Gasteiger partial charge in [0, 0.05) is 19.5 Å². The van der Waals surface area contributed by atoms with Crippen molar-refractivity contribution in [1.29, 1.82) is 0 Å². The summed E-state index contributed by atoms with van der Waals surface area (Å²) in [5.41, 5.74) is 0.768. The van der Waals surface area contributed by atoms with E-state index in [1.54, 1.807) is 12.3 Å². The SMILES string of the molecule is CCNC(=NCC(O)c1cccc(OC(C)C)c1)NCCc1nc(-c2ccco2)n[nH]1.I.